The van der Waals surface area contributed by atoms with Crippen LogP contribution in [0.2, 0.25) is 0 Å². The van der Waals surface area contributed by atoms with Gasteiger partial charge in [-0.3, -0.25) is 0 Å². The van der Waals surface area contributed by atoms with Crippen LogP contribution < -0.4 is 0 Å². The molecule has 0 rings (SSSR count). The molecule has 0 atom stereocenters. The Labute approximate surface area is 72.6 Å². The lowest BCUT2D eigenvalue weighted by Gasteiger charge is -2.15. The van der Waals surface area contributed by atoms with Crippen LogP contribution in [0.1, 0.15) is 0 Å². The quantitative estimate of drug-likeness (QED) is 0.545. The minimum Gasteiger partial charge on any atom is -0.452 e. The summed E-state index contributed by atoms with van der Waals surface area (Å²) in [5.41, 5.74) is 0. The number of esters is 1. The number of alkyl halides is 7. The molecule has 0 aromatic rings. The third kappa shape index (κ3) is 3.79. The van der Waals surface area contributed by atoms with E-state index >= 15 is 0 Å². The fourth-order valence-electron chi connectivity index (χ4n) is 0.307. The van der Waals surface area contributed by atoms with Crippen LogP contribution in [0, 0.1) is 0 Å². The first-order valence-electron chi connectivity index (χ1n) is 2.97. The van der Waals surface area contributed by atoms with Crippen molar-refractivity contribution in [3.8, 4) is 0 Å². The van der Waals surface area contributed by atoms with E-state index < -0.39 is 31.1 Å². The molecule has 0 saturated carbocycles. The zero-order chi connectivity index (χ0) is 11.6. The standard InChI is InChI=1S/C5H3F7O2/c6-2(7)4(8,9)1-14-3(13)5(10,11)12/h2H,1H2. The van der Waals surface area contributed by atoms with E-state index in [1.165, 1.54) is 0 Å². The average molecular weight is 228 g/mol. The molecule has 0 aromatic carbocycles. The molecule has 0 aliphatic rings. The summed E-state index contributed by atoms with van der Waals surface area (Å²) in [7, 11) is 0. The predicted octanol–water partition coefficient (Wildman–Crippen LogP) is 1.99. The molecular weight excluding hydrogens is 225 g/mol. The third-order valence-corrected chi connectivity index (χ3v) is 0.946. The first-order valence-corrected chi connectivity index (χ1v) is 2.97. The Morgan fingerprint density at radius 1 is 1.14 bits per heavy atom. The van der Waals surface area contributed by atoms with Crippen molar-refractivity contribution in [2.24, 2.45) is 0 Å². The van der Waals surface area contributed by atoms with Crippen LogP contribution in [0.4, 0.5) is 30.7 Å². The molecule has 0 bridgehead atoms. The van der Waals surface area contributed by atoms with Gasteiger partial charge < -0.3 is 4.74 Å². The maximum atomic E-state index is 11.9. The zero-order valence-corrected chi connectivity index (χ0v) is 6.25. The summed E-state index contributed by atoms with van der Waals surface area (Å²) in [6.07, 6.45) is -9.67. The van der Waals surface area contributed by atoms with Gasteiger partial charge in [-0.15, -0.1) is 0 Å². The van der Waals surface area contributed by atoms with Crippen molar-refractivity contribution >= 4 is 5.97 Å². The summed E-state index contributed by atoms with van der Waals surface area (Å²) in [6.45, 7) is -2.30. The highest BCUT2D eigenvalue weighted by atomic mass is 19.4. The molecule has 2 nitrogen and oxygen atoms in total. The minimum atomic E-state index is -5.47. The smallest absolute Gasteiger partial charge is 0.452 e. The molecule has 0 aliphatic carbocycles. The van der Waals surface area contributed by atoms with Crippen molar-refractivity contribution in [1.82, 2.24) is 0 Å². The second kappa shape index (κ2) is 4.01. The molecule has 0 radical (unpaired) electrons. The summed E-state index contributed by atoms with van der Waals surface area (Å²) in [4.78, 5) is 9.81. The topological polar surface area (TPSA) is 26.3 Å². The minimum absolute atomic E-state index is 2.30. The van der Waals surface area contributed by atoms with Crippen molar-refractivity contribution < 1.29 is 40.3 Å². The Hall–Kier alpha value is -1.02. The molecule has 0 heterocycles. The molecule has 0 amide bonds. The molecule has 0 aromatic heterocycles. The molecular formula is C5H3F7O2. The summed E-state index contributed by atoms with van der Waals surface area (Å²) < 4.78 is 83.4. The van der Waals surface area contributed by atoms with Gasteiger partial charge in [-0.25, -0.2) is 13.6 Å². The van der Waals surface area contributed by atoms with Gasteiger partial charge in [-0.2, -0.15) is 22.0 Å². The van der Waals surface area contributed by atoms with Gasteiger partial charge in [-0.1, -0.05) is 0 Å². The van der Waals surface area contributed by atoms with E-state index in [9.17, 15) is 35.5 Å². The van der Waals surface area contributed by atoms with Crippen molar-refractivity contribution in [2.75, 3.05) is 6.61 Å². The van der Waals surface area contributed by atoms with E-state index in [0.717, 1.165) is 0 Å². The number of rotatable bonds is 3. The molecule has 9 heteroatoms. The molecule has 14 heavy (non-hydrogen) atoms. The van der Waals surface area contributed by atoms with Gasteiger partial charge in [0, 0.05) is 0 Å². The summed E-state index contributed by atoms with van der Waals surface area (Å²) >= 11 is 0. The van der Waals surface area contributed by atoms with Gasteiger partial charge in [0.25, 0.3) is 0 Å². The number of hydrogen-bond acceptors (Lipinski definition) is 2. The monoisotopic (exact) mass is 228 g/mol. The number of carbonyl (C=O) groups excluding carboxylic acids is 1. The Morgan fingerprint density at radius 3 is 1.86 bits per heavy atom. The molecule has 0 unspecified atom stereocenters. The lowest BCUT2D eigenvalue weighted by molar-refractivity contribution is -0.217. The van der Waals surface area contributed by atoms with Crippen LogP contribution in [0.15, 0.2) is 0 Å². The van der Waals surface area contributed by atoms with Gasteiger partial charge in [0.1, 0.15) is 0 Å². The van der Waals surface area contributed by atoms with Gasteiger partial charge in [0.05, 0.1) is 0 Å². The first-order chi connectivity index (χ1) is 6.07. The van der Waals surface area contributed by atoms with Gasteiger partial charge >= 0.3 is 24.5 Å². The Morgan fingerprint density at radius 2 is 1.57 bits per heavy atom. The summed E-state index contributed by atoms with van der Waals surface area (Å²) in [5, 5.41) is 0. The largest absolute Gasteiger partial charge is 0.490 e. The number of ether oxygens (including phenoxy) is 1. The second-order valence-corrected chi connectivity index (χ2v) is 2.14. The third-order valence-electron chi connectivity index (χ3n) is 0.946. The van der Waals surface area contributed by atoms with Crippen LogP contribution >= 0.6 is 0 Å². The van der Waals surface area contributed by atoms with Crippen molar-refractivity contribution in [3.05, 3.63) is 0 Å². The lowest BCUT2D eigenvalue weighted by atomic mass is 10.4. The van der Waals surface area contributed by atoms with Gasteiger partial charge in [0.15, 0.2) is 6.61 Å². The highest BCUT2D eigenvalue weighted by Gasteiger charge is 2.46. The van der Waals surface area contributed by atoms with E-state index in [2.05, 4.69) is 4.74 Å². The summed E-state index contributed by atoms with van der Waals surface area (Å²) in [5.74, 6) is -7.71. The van der Waals surface area contributed by atoms with Crippen LogP contribution in [-0.2, 0) is 9.53 Å². The van der Waals surface area contributed by atoms with Crippen LogP contribution in [0.5, 0.6) is 0 Å². The number of hydrogen-bond donors (Lipinski definition) is 0. The van der Waals surface area contributed by atoms with E-state index in [-0.39, 0.29) is 0 Å². The van der Waals surface area contributed by atoms with Crippen LogP contribution in [-0.4, -0.2) is 31.1 Å². The molecule has 84 valence electrons. The zero-order valence-electron chi connectivity index (χ0n) is 6.25. The van der Waals surface area contributed by atoms with Crippen molar-refractivity contribution in [2.45, 2.75) is 18.5 Å². The van der Waals surface area contributed by atoms with Crippen molar-refractivity contribution in [3.63, 3.8) is 0 Å². The highest BCUT2D eigenvalue weighted by molar-refractivity contribution is 5.75. The van der Waals surface area contributed by atoms with E-state index in [1.54, 1.807) is 0 Å². The maximum absolute atomic E-state index is 11.9. The fourth-order valence-corrected chi connectivity index (χ4v) is 0.307. The Kier molecular flexibility index (Phi) is 3.72. The second-order valence-electron chi connectivity index (χ2n) is 2.14. The van der Waals surface area contributed by atoms with E-state index in [4.69, 9.17) is 0 Å². The van der Waals surface area contributed by atoms with Crippen LogP contribution in [0.25, 0.3) is 0 Å². The molecule has 0 fully saturated rings. The number of halogens is 7. The Bertz CT molecular complexity index is 209. The van der Waals surface area contributed by atoms with E-state index in [1.807, 2.05) is 0 Å². The van der Waals surface area contributed by atoms with Crippen LogP contribution in [0.3, 0.4) is 0 Å². The maximum Gasteiger partial charge on any atom is 0.490 e. The van der Waals surface area contributed by atoms with E-state index in [0.29, 0.717) is 0 Å². The molecule has 0 N–H and O–H groups in total. The Balaban J connectivity index is 4.14. The summed E-state index contributed by atoms with van der Waals surface area (Å²) in [6, 6.07) is 0. The molecule has 0 aliphatic heterocycles. The average Bonchev–Trinajstić information content (AvgIpc) is 1.98. The van der Waals surface area contributed by atoms with Crippen molar-refractivity contribution in [1.29, 1.82) is 0 Å². The fraction of sp³-hybridized carbons (Fsp3) is 0.800. The molecule has 0 saturated heterocycles. The SMILES string of the molecule is O=C(OCC(F)(F)C(F)F)C(F)(F)F. The first kappa shape index (κ1) is 13.0. The van der Waals surface area contributed by atoms with Gasteiger partial charge in [-0.05, 0) is 0 Å². The molecule has 0 spiro atoms. The van der Waals surface area contributed by atoms with Gasteiger partial charge in [0.2, 0.25) is 0 Å². The number of carbonyl (C=O) groups is 1. The lowest BCUT2D eigenvalue weighted by Crippen LogP contribution is -2.36. The normalized spacial score (nSPS) is 13.1. The highest BCUT2D eigenvalue weighted by Crippen LogP contribution is 2.24. The predicted molar refractivity (Wildman–Crippen MR) is 28.0 cm³/mol.